The predicted octanol–water partition coefficient (Wildman–Crippen LogP) is 3.86. The van der Waals surface area contributed by atoms with Crippen LogP contribution in [0.5, 0.6) is 0 Å². The third-order valence-electron chi connectivity index (χ3n) is 3.69. The first-order valence-electron chi connectivity index (χ1n) is 6.60. The van der Waals surface area contributed by atoms with Crippen molar-refractivity contribution in [3.8, 4) is 0 Å². The maximum Gasteiger partial charge on any atom is 0.0544 e. The summed E-state index contributed by atoms with van der Waals surface area (Å²) in [5.41, 5.74) is 1.18. The van der Waals surface area contributed by atoms with Gasteiger partial charge in [-0.05, 0) is 66.3 Å². The van der Waals surface area contributed by atoms with Crippen LogP contribution in [-0.2, 0) is 6.54 Å². The molecule has 0 bridgehead atoms. The SMILES string of the molecule is CCC1CCCN(Cc2ccc(Br)cn2)CC1. The Balaban J connectivity index is 1.88. The molecule has 94 valence electrons. The van der Waals surface area contributed by atoms with E-state index < -0.39 is 0 Å². The van der Waals surface area contributed by atoms with Crippen LogP contribution in [0.1, 0.15) is 38.3 Å². The highest BCUT2D eigenvalue weighted by molar-refractivity contribution is 9.10. The van der Waals surface area contributed by atoms with Gasteiger partial charge in [0, 0.05) is 17.2 Å². The lowest BCUT2D eigenvalue weighted by atomic mass is 9.98. The highest BCUT2D eigenvalue weighted by Gasteiger charge is 2.15. The molecule has 1 aliphatic rings. The largest absolute Gasteiger partial charge is 0.298 e. The van der Waals surface area contributed by atoms with Gasteiger partial charge < -0.3 is 0 Å². The molecule has 0 radical (unpaired) electrons. The van der Waals surface area contributed by atoms with Gasteiger partial charge in [0.25, 0.3) is 0 Å². The first-order valence-corrected chi connectivity index (χ1v) is 7.40. The van der Waals surface area contributed by atoms with Gasteiger partial charge in [-0.25, -0.2) is 0 Å². The smallest absolute Gasteiger partial charge is 0.0544 e. The highest BCUT2D eigenvalue weighted by atomic mass is 79.9. The highest BCUT2D eigenvalue weighted by Crippen LogP contribution is 2.21. The molecule has 2 heterocycles. The van der Waals surface area contributed by atoms with Crippen molar-refractivity contribution in [1.29, 1.82) is 0 Å². The molecular formula is C14H21BrN2. The molecule has 2 nitrogen and oxygen atoms in total. The molecule has 0 aliphatic carbocycles. The lowest BCUT2D eigenvalue weighted by molar-refractivity contribution is 0.269. The Bertz CT molecular complexity index is 337. The van der Waals surface area contributed by atoms with Gasteiger partial charge >= 0.3 is 0 Å². The van der Waals surface area contributed by atoms with Crippen LogP contribution in [0.4, 0.5) is 0 Å². The van der Waals surface area contributed by atoms with Crippen molar-refractivity contribution in [2.24, 2.45) is 5.92 Å². The molecule has 1 atom stereocenters. The molecule has 0 spiro atoms. The van der Waals surface area contributed by atoms with E-state index in [1.54, 1.807) is 0 Å². The fourth-order valence-corrected chi connectivity index (χ4v) is 2.75. The Hall–Kier alpha value is -0.410. The van der Waals surface area contributed by atoms with Crippen LogP contribution in [0, 0.1) is 5.92 Å². The molecule has 0 N–H and O–H groups in total. The van der Waals surface area contributed by atoms with Crippen LogP contribution in [0.25, 0.3) is 0 Å². The van der Waals surface area contributed by atoms with Crippen molar-refractivity contribution < 1.29 is 0 Å². The zero-order chi connectivity index (χ0) is 12.1. The van der Waals surface area contributed by atoms with Gasteiger partial charge in [0.2, 0.25) is 0 Å². The third kappa shape index (κ3) is 4.07. The molecule has 0 amide bonds. The number of nitrogens with zero attached hydrogens (tertiary/aromatic N) is 2. The normalized spacial score (nSPS) is 22.4. The second-order valence-corrected chi connectivity index (χ2v) is 5.86. The predicted molar refractivity (Wildman–Crippen MR) is 74.8 cm³/mol. The van der Waals surface area contributed by atoms with Crippen LogP contribution < -0.4 is 0 Å². The topological polar surface area (TPSA) is 16.1 Å². The molecule has 1 aliphatic heterocycles. The van der Waals surface area contributed by atoms with Crippen LogP contribution in [0.3, 0.4) is 0 Å². The van der Waals surface area contributed by atoms with Crippen LogP contribution >= 0.6 is 15.9 Å². The summed E-state index contributed by atoms with van der Waals surface area (Å²) in [6.45, 7) is 5.78. The van der Waals surface area contributed by atoms with E-state index in [-0.39, 0.29) is 0 Å². The number of rotatable bonds is 3. The number of pyridine rings is 1. The lowest BCUT2D eigenvalue weighted by Gasteiger charge is -2.19. The second-order valence-electron chi connectivity index (χ2n) is 4.95. The number of halogens is 1. The average molecular weight is 297 g/mol. The van der Waals surface area contributed by atoms with Crippen molar-refractivity contribution >= 4 is 15.9 Å². The molecule has 1 aromatic rings. The van der Waals surface area contributed by atoms with E-state index in [9.17, 15) is 0 Å². The molecule has 1 fully saturated rings. The maximum atomic E-state index is 4.45. The minimum Gasteiger partial charge on any atom is -0.298 e. The molecule has 2 rings (SSSR count). The molecular weight excluding hydrogens is 276 g/mol. The van der Waals surface area contributed by atoms with Gasteiger partial charge in [-0.2, -0.15) is 0 Å². The molecule has 17 heavy (non-hydrogen) atoms. The van der Waals surface area contributed by atoms with Gasteiger partial charge in [-0.15, -0.1) is 0 Å². The van der Waals surface area contributed by atoms with E-state index >= 15 is 0 Å². The Morgan fingerprint density at radius 1 is 1.35 bits per heavy atom. The third-order valence-corrected chi connectivity index (χ3v) is 4.16. The van der Waals surface area contributed by atoms with E-state index in [1.807, 2.05) is 6.20 Å². The Kier molecular flexibility index (Phi) is 4.99. The van der Waals surface area contributed by atoms with Crippen molar-refractivity contribution in [3.63, 3.8) is 0 Å². The van der Waals surface area contributed by atoms with Crippen LogP contribution in [-0.4, -0.2) is 23.0 Å². The van der Waals surface area contributed by atoms with E-state index in [0.717, 1.165) is 16.9 Å². The number of hydrogen-bond acceptors (Lipinski definition) is 2. The molecule has 3 heteroatoms. The van der Waals surface area contributed by atoms with Gasteiger partial charge in [0.1, 0.15) is 0 Å². The number of hydrogen-bond donors (Lipinski definition) is 0. The summed E-state index contributed by atoms with van der Waals surface area (Å²) in [5, 5.41) is 0. The Labute approximate surface area is 113 Å². The van der Waals surface area contributed by atoms with Crippen LogP contribution in [0.15, 0.2) is 22.8 Å². The summed E-state index contributed by atoms with van der Waals surface area (Å²) in [5.74, 6) is 0.942. The van der Waals surface area contributed by atoms with Crippen molar-refractivity contribution in [2.75, 3.05) is 13.1 Å². The molecule has 1 saturated heterocycles. The monoisotopic (exact) mass is 296 g/mol. The average Bonchev–Trinajstić information content (AvgIpc) is 2.57. The summed E-state index contributed by atoms with van der Waals surface area (Å²) < 4.78 is 1.06. The number of likely N-dealkylation sites (tertiary alicyclic amines) is 1. The van der Waals surface area contributed by atoms with Crippen LogP contribution in [0.2, 0.25) is 0 Å². The minimum absolute atomic E-state index is 0.942. The van der Waals surface area contributed by atoms with E-state index in [1.165, 1.54) is 44.5 Å². The first-order chi connectivity index (χ1) is 8.28. The zero-order valence-corrected chi connectivity index (χ0v) is 12.1. The first kappa shape index (κ1) is 13.0. The fourth-order valence-electron chi connectivity index (χ4n) is 2.52. The number of aromatic nitrogens is 1. The zero-order valence-electron chi connectivity index (χ0n) is 10.5. The summed E-state index contributed by atoms with van der Waals surface area (Å²) in [4.78, 5) is 7.00. The molecule has 0 aromatic carbocycles. The van der Waals surface area contributed by atoms with Gasteiger partial charge in [0.15, 0.2) is 0 Å². The summed E-state index contributed by atoms with van der Waals surface area (Å²) in [6.07, 6.45) is 7.33. The van der Waals surface area contributed by atoms with Crippen molar-refractivity contribution in [2.45, 2.75) is 39.2 Å². The van der Waals surface area contributed by atoms with Gasteiger partial charge in [-0.3, -0.25) is 9.88 Å². The van der Waals surface area contributed by atoms with Crippen molar-refractivity contribution in [3.05, 3.63) is 28.5 Å². The maximum absolute atomic E-state index is 4.45. The summed E-state index contributed by atoms with van der Waals surface area (Å²) >= 11 is 3.42. The van der Waals surface area contributed by atoms with Crippen molar-refractivity contribution in [1.82, 2.24) is 9.88 Å². The minimum atomic E-state index is 0.942. The molecule has 0 saturated carbocycles. The van der Waals surface area contributed by atoms with E-state index in [2.05, 4.69) is 44.9 Å². The Morgan fingerprint density at radius 2 is 2.24 bits per heavy atom. The summed E-state index contributed by atoms with van der Waals surface area (Å²) in [6, 6.07) is 4.20. The molecule has 1 unspecified atom stereocenters. The fraction of sp³-hybridized carbons (Fsp3) is 0.643. The quantitative estimate of drug-likeness (QED) is 0.842. The van der Waals surface area contributed by atoms with Gasteiger partial charge in [0.05, 0.1) is 5.69 Å². The van der Waals surface area contributed by atoms with E-state index in [4.69, 9.17) is 0 Å². The lowest BCUT2D eigenvalue weighted by Crippen LogP contribution is -2.24. The van der Waals surface area contributed by atoms with Gasteiger partial charge in [-0.1, -0.05) is 13.3 Å². The van der Waals surface area contributed by atoms with E-state index in [0.29, 0.717) is 0 Å². The second kappa shape index (κ2) is 6.50. The Morgan fingerprint density at radius 3 is 2.94 bits per heavy atom. The summed E-state index contributed by atoms with van der Waals surface area (Å²) in [7, 11) is 0. The molecule has 1 aromatic heterocycles. The standard InChI is InChI=1S/C14H21BrN2/c1-2-12-4-3-8-17(9-7-12)11-14-6-5-13(15)10-16-14/h5-6,10,12H,2-4,7-9,11H2,1H3.